The van der Waals surface area contributed by atoms with Crippen LogP contribution in [0.1, 0.15) is 18.1 Å². The summed E-state index contributed by atoms with van der Waals surface area (Å²) in [5.41, 5.74) is 2.59. The molecule has 0 saturated heterocycles. The Hall–Kier alpha value is -1.78. The van der Waals surface area contributed by atoms with E-state index in [-0.39, 0.29) is 0 Å². The molecule has 0 aromatic heterocycles. The summed E-state index contributed by atoms with van der Waals surface area (Å²) in [5, 5.41) is 1.09. The lowest BCUT2D eigenvalue weighted by Gasteiger charge is -2.26. The van der Waals surface area contributed by atoms with Crippen LogP contribution < -0.4 is 0 Å². The van der Waals surface area contributed by atoms with E-state index in [2.05, 4.69) is 72.5 Å². The molecule has 24 heavy (non-hydrogen) atoms. The molecule has 0 aliphatic heterocycles. The van der Waals surface area contributed by atoms with Gasteiger partial charge in [-0.05, 0) is 18.1 Å². The molecule has 0 N–H and O–H groups in total. The van der Waals surface area contributed by atoms with Gasteiger partial charge in [0.2, 0.25) is 0 Å². The topological polar surface area (TPSA) is 24.8 Å². The number of hydrogen-bond acceptors (Lipinski definition) is 3. The smallest absolute Gasteiger partial charge is 0.159 e. The molecule has 0 unspecified atom stereocenters. The van der Waals surface area contributed by atoms with Gasteiger partial charge in [0, 0.05) is 32.5 Å². The Balaban J connectivity index is 2.17. The fourth-order valence-electron chi connectivity index (χ4n) is 2.39. The summed E-state index contributed by atoms with van der Waals surface area (Å²) in [6.45, 7) is 5.32. The van der Waals surface area contributed by atoms with Crippen LogP contribution in [0.25, 0.3) is 0 Å². The molecule has 0 heterocycles. The molecule has 3 nitrogen and oxygen atoms in total. The van der Waals surface area contributed by atoms with Crippen molar-refractivity contribution in [2.45, 2.75) is 20.0 Å². The molecule has 0 radical (unpaired) electrons. The minimum atomic E-state index is 0.734. The van der Waals surface area contributed by atoms with Crippen molar-refractivity contribution in [3.05, 3.63) is 71.8 Å². The van der Waals surface area contributed by atoms with Crippen LogP contribution in [0.3, 0.4) is 0 Å². The van der Waals surface area contributed by atoms with Gasteiger partial charge in [-0.25, -0.2) is 0 Å². The number of benzene rings is 2. The molecule has 2 rings (SSSR count). The quantitative estimate of drug-likeness (QED) is 0.403. The summed E-state index contributed by atoms with van der Waals surface area (Å²) in [6.07, 6.45) is 0. The van der Waals surface area contributed by atoms with Gasteiger partial charge in [0.25, 0.3) is 0 Å². The number of thioether (sulfide) groups is 1. The first-order chi connectivity index (χ1) is 11.8. The first kappa shape index (κ1) is 18.6. The predicted molar refractivity (Wildman–Crippen MR) is 104 cm³/mol. The Bertz CT molecular complexity index is 560. The van der Waals surface area contributed by atoms with Crippen LogP contribution in [-0.2, 0) is 17.8 Å². The fourth-order valence-corrected chi connectivity index (χ4v) is 3.35. The van der Waals surface area contributed by atoms with Gasteiger partial charge in [-0.15, -0.1) is 0 Å². The van der Waals surface area contributed by atoms with E-state index >= 15 is 0 Å². The third-order valence-electron chi connectivity index (χ3n) is 3.52. The highest BCUT2D eigenvalue weighted by Crippen LogP contribution is 2.17. The fraction of sp³-hybridized carbons (Fsp3) is 0.350. The Morgan fingerprint density at radius 1 is 0.958 bits per heavy atom. The first-order valence-corrected chi connectivity index (χ1v) is 9.31. The van der Waals surface area contributed by atoms with Crippen LogP contribution in [0.2, 0.25) is 0 Å². The van der Waals surface area contributed by atoms with Gasteiger partial charge >= 0.3 is 0 Å². The van der Waals surface area contributed by atoms with Gasteiger partial charge < -0.3 is 9.64 Å². The highest BCUT2D eigenvalue weighted by atomic mass is 32.2. The maximum absolute atomic E-state index is 5.19. The van der Waals surface area contributed by atoms with E-state index in [0.29, 0.717) is 0 Å². The number of hydrogen-bond donors (Lipinski definition) is 0. The van der Waals surface area contributed by atoms with E-state index < -0.39 is 0 Å². The first-order valence-electron chi connectivity index (χ1n) is 8.32. The number of ether oxygens (including phenoxy) is 1. The summed E-state index contributed by atoms with van der Waals surface area (Å²) < 4.78 is 5.19. The third kappa shape index (κ3) is 6.38. The standard InChI is InChI=1S/C20H26N2OS/c1-3-21-20(24-15-14-23-2)22(16-18-10-6-4-7-11-18)17-19-12-8-5-9-13-19/h4-13H,3,14-17H2,1-2H3. The molecule has 0 spiro atoms. The number of aliphatic imine (C=N–C) groups is 1. The summed E-state index contributed by atoms with van der Waals surface area (Å²) in [4.78, 5) is 7.09. The molecular weight excluding hydrogens is 316 g/mol. The number of nitrogens with zero attached hydrogens (tertiary/aromatic N) is 2. The number of amidine groups is 1. The lowest BCUT2D eigenvalue weighted by atomic mass is 10.2. The van der Waals surface area contributed by atoms with Crippen molar-refractivity contribution < 1.29 is 4.74 Å². The molecule has 0 aliphatic rings. The molecule has 0 atom stereocenters. The average molecular weight is 343 g/mol. The highest BCUT2D eigenvalue weighted by Gasteiger charge is 2.13. The van der Waals surface area contributed by atoms with Crippen LogP contribution >= 0.6 is 11.8 Å². The van der Waals surface area contributed by atoms with Crippen molar-refractivity contribution >= 4 is 16.9 Å². The predicted octanol–water partition coefficient (Wildman–Crippen LogP) is 4.44. The molecule has 128 valence electrons. The zero-order valence-electron chi connectivity index (χ0n) is 14.5. The average Bonchev–Trinajstić information content (AvgIpc) is 2.62. The normalized spacial score (nSPS) is 11.5. The van der Waals surface area contributed by atoms with Crippen molar-refractivity contribution in [3.63, 3.8) is 0 Å². The molecule has 4 heteroatoms. The summed E-state index contributed by atoms with van der Waals surface area (Å²) >= 11 is 1.77. The Morgan fingerprint density at radius 2 is 1.50 bits per heavy atom. The number of rotatable bonds is 8. The summed E-state index contributed by atoms with van der Waals surface area (Å²) in [7, 11) is 1.74. The molecule has 0 aliphatic carbocycles. The van der Waals surface area contributed by atoms with Crippen molar-refractivity contribution in [2.24, 2.45) is 4.99 Å². The van der Waals surface area contributed by atoms with Crippen LogP contribution in [0.4, 0.5) is 0 Å². The second kappa shape index (κ2) is 10.9. The molecule has 2 aromatic carbocycles. The molecule has 0 bridgehead atoms. The van der Waals surface area contributed by atoms with Gasteiger partial charge in [0.1, 0.15) is 0 Å². The van der Waals surface area contributed by atoms with Crippen LogP contribution in [0.5, 0.6) is 0 Å². The van der Waals surface area contributed by atoms with Crippen molar-refractivity contribution in [2.75, 3.05) is 26.0 Å². The van der Waals surface area contributed by atoms with E-state index in [0.717, 1.165) is 37.2 Å². The van der Waals surface area contributed by atoms with E-state index in [1.54, 1.807) is 18.9 Å². The van der Waals surface area contributed by atoms with E-state index in [1.165, 1.54) is 11.1 Å². The van der Waals surface area contributed by atoms with Crippen molar-refractivity contribution in [3.8, 4) is 0 Å². The molecule has 2 aromatic rings. The largest absolute Gasteiger partial charge is 0.384 e. The van der Waals surface area contributed by atoms with Crippen LogP contribution in [-0.4, -0.2) is 36.1 Å². The zero-order chi connectivity index (χ0) is 17.0. The Labute approximate surface area is 149 Å². The van der Waals surface area contributed by atoms with Gasteiger partial charge in [-0.2, -0.15) is 0 Å². The second-order valence-corrected chi connectivity index (χ2v) is 6.49. The maximum Gasteiger partial charge on any atom is 0.159 e. The highest BCUT2D eigenvalue weighted by molar-refractivity contribution is 8.13. The lowest BCUT2D eigenvalue weighted by Crippen LogP contribution is -2.29. The summed E-state index contributed by atoms with van der Waals surface area (Å²) in [6, 6.07) is 21.1. The van der Waals surface area contributed by atoms with Crippen LogP contribution in [0, 0.1) is 0 Å². The van der Waals surface area contributed by atoms with E-state index in [1.807, 2.05) is 0 Å². The number of methoxy groups -OCH3 is 1. The van der Waals surface area contributed by atoms with Gasteiger partial charge in [-0.1, -0.05) is 72.4 Å². The van der Waals surface area contributed by atoms with E-state index in [4.69, 9.17) is 9.73 Å². The molecule has 0 saturated carbocycles. The van der Waals surface area contributed by atoms with Crippen molar-refractivity contribution in [1.82, 2.24) is 4.90 Å². The SMILES string of the molecule is CCN=C(SCCOC)N(Cc1ccccc1)Cc1ccccc1. The lowest BCUT2D eigenvalue weighted by molar-refractivity contribution is 0.219. The maximum atomic E-state index is 5.19. The minimum Gasteiger partial charge on any atom is -0.384 e. The summed E-state index contributed by atoms with van der Waals surface area (Å²) in [5.74, 6) is 0.912. The minimum absolute atomic E-state index is 0.734. The van der Waals surface area contributed by atoms with Gasteiger partial charge in [0.15, 0.2) is 5.17 Å². The molecule has 0 amide bonds. The van der Waals surface area contributed by atoms with E-state index in [9.17, 15) is 0 Å². The zero-order valence-corrected chi connectivity index (χ0v) is 15.3. The Morgan fingerprint density at radius 3 is 1.96 bits per heavy atom. The second-order valence-electron chi connectivity index (χ2n) is 5.43. The molecule has 0 fully saturated rings. The van der Waals surface area contributed by atoms with Crippen molar-refractivity contribution in [1.29, 1.82) is 0 Å². The Kier molecular flexibility index (Phi) is 8.42. The van der Waals surface area contributed by atoms with Crippen LogP contribution in [0.15, 0.2) is 65.7 Å². The molecular formula is C20H26N2OS. The van der Waals surface area contributed by atoms with Gasteiger partial charge in [0.05, 0.1) is 6.61 Å². The third-order valence-corrected chi connectivity index (χ3v) is 4.53. The van der Waals surface area contributed by atoms with Gasteiger partial charge in [-0.3, -0.25) is 4.99 Å². The monoisotopic (exact) mass is 342 g/mol.